The van der Waals surface area contributed by atoms with Gasteiger partial charge in [-0.25, -0.2) is 4.98 Å². The van der Waals surface area contributed by atoms with Gasteiger partial charge in [-0.1, -0.05) is 13.8 Å². The maximum atomic E-state index is 5.84. The van der Waals surface area contributed by atoms with E-state index < -0.39 is 0 Å². The van der Waals surface area contributed by atoms with E-state index in [-0.39, 0.29) is 6.10 Å². The van der Waals surface area contributed by atoms with E-state index in [9.17, 15) is 0 Å². The first kappa shape index (κ1) is 14.2. The molecule has 1 aliphatic rings. The number of nitrogens with one attached hydrogen (secondary N) is 1. The maximum absolute atomic E-state index is 5.84. The van der Waals surface area contributed by atoms with Gasteiger partial charge in [0.2, 0.25) is 5.88 Å². The summed E-state index contributed by atoms with van der Waals surface area (Å²) in [7, 11) is 0. The summed E-state index contributed by atoms with van der Waals surface area (Å²) in [5.74, 6) is 1.25. The van der Waals surface area contributed by atoms with Crippen molar-refractivity contribution in [3.05, 3.63) is 18.1 Å². The molecule has 0 saturated carbocycles. The maximum Gasteiger partial charge on any atom is 0.232 e. The lowest BCUT2D eigenvalue weighted by molar-refractivity contribution is 0.0235. The van der Waals surface area contributed by atoms with Crippen molar-refractivity contribution in [1.29, 1.82) is 0 Å². The Morgan fingerprint density at radius 1 is 1.37 bits per heavy atom. The van der Waals surface area contributed by atoms with Crippen LogP contribution in [0.3, 0.4) is 0 Å². The van der Waals surface area contributed by atoms with E-state index in [0.29, 0.717) is 11.8 Å². The molecular weight excluding hydrogens is 242 g/mol. The Bertz CT molecular complexity index is 379. The molecule has 0 spiro atoms. The molecular formula is C14H23N3O2. The van der Waals surface area contributed by atoms with Crippen LogP contribution in [0.1, 0.15) is 32.4 Å². The molecule has 0 aliphatic carbocycles. The van der Waals surface area contributed by atoms with E-state index in [4.69, 9.17) is 9.47 Å². The van der Waals surface area contributed by atoms with Gasteiger partial charge in [0.25, 0.3) is 0 Å². The second-order valence-corrected chi connectivity index (χ2v) is 5.30. The normalized spacial score (nSPS) is 16.8. The lowest BCUT2D eigenvalue weighted by Crippen LogP contribution is -2.26. The summed E-state index contributed by atoms with van der Waals surface area (Å²) in [5.41, 5.74) is 0.921. The zero-order valence-electron chi connectivity index (χ0n) is 11.8. The predicted molar refractivity (Wildman–Crippen MR) is 73.0 cm³/mol. The van der Waals surface area contributed by atoms with Crippen LogP contribution >= 0.6 is 0 Å². The smallest absolute Gasteiger partial charge is 0.232 e. The summed E-state index contributed by atoms with van der Waals surface area (Å²) >= 11 is 0. The van der Waals surface area contributed by atoms with Crippen LogP contribution in [0.2, 0.25) is 0 Å². The van der Waals surface area contributed by atoms with Gasteiger partial charge in [0.1, 0.15) is 6.10 Å². The first-order chi connectivity index (χ1) is 9.24. The van der Waals surface area contributed by atoms with Crippen LogP contribution in [0.15, 0.2) is 12.4 Å². The van der Waals surface area contributed by atoms with Crippen molar-refractivity contribution in [2.24, 2.45) is 5.92 Å². The van der Waals surface area contributed by atoms with Crippen molar-refractivity contribution in [2.45, 2.75) is 39.3 Å². The first-order valence-corrected chi connectivity index (χ1v) is 7.00. The van der Waals surface area contributed by atoms with E-state index >= 15 is 0 Å². The Labute approximate surface area is 114 Å². The summed E-state index contributed by atoms with van der Waals surface area (Å²) in [6.45, 7) is 7.62. The summed E-state index contributed by atoms with van der Waals surface area (Å²) in [4.78, 5) is 8.66. The highest BCUT2D eigenvalue weighted by Crippen LogP contribution is 2.15. The minimum absolute atomic E-state index is 0.210. The van der Waals surface area contributed by atoms with E-state index in [1.165, 1.54) is 0 Å². The summed E-state index contributed by atoms with van der Waals surface area (Å²) in [6.07, 6.45) is 5.53. The Balaban J connectivity index is 1.83. The molecule has 0 amide bonds. The average molecular weight is 265 g/mol. The van der Waals surface area contributed by atoms with Crippen molar-refractivity contribution in [3.8, 4) is 5.88 Å². The number of nitrogens with zero attached hydrogens (tertiary/aromatic N) is 2. The zero-order chi connectivity index (χ0) is 13.5. The van der Waals surface area contributed by atoms with Crippen molar-refractivity contribution >= 4 is 0 Å². The SMILES string of the molecule is CC(C)CNCc1cncc(OC2CCOCC2)n1. The average Bonchev–Trinajstić information content (AvgIpc) is 2.40. The second-order valence-electron chi connectivity index (χ2n) is 5.30. The molecule has 0 unspecified atom stereocenters. The minimum Gasteiger partial charge on any atom is -0.473 e. The number of rotatable bonds is 6. The highest BCUT2D eigenvalue weighted by molar-refractivity contribution is 5.08. The van der Waals surface area contributed by atoms with E-state index in [1.54, 1.807) is 12.4 Å². The Morgan fingerprint density at radius 2 is 2.16 bits per heavy atom. The van der Waals surface area contributed by atoms with Gasteiger partial charge >= 0.3 is 0 Å². The molecule has 1 fully saturated rings. The van der Waals surface area contributed by atoms with Crippen LogP contribution in [0, 0.1) is 5.92 Å². The molecule has 0 radical (unpaired) electrons. The number of hydrogen-bond donors (Lipinski definition) is 1. The predicted octanol–water partition coefficient (Wildman–Crippen LogP) is 1.78. The third-order valence-electron chi connectivity index (χ3n) is 2.98. The van der Waals surface area contributed by atoms with Gasteiger partial charge in [0.15, 0.2) is 0 Å². The highest BCUT2D eigenvalue weighted by Gasteiger charge is 2.16. The quantitative estimate of drug-likeness (QED) is 0.849. The monoisotopic (exact) mass is 265 g/mol. The van der Waals surface area contributed by atoms with Gasteiger partial charge in [0.05, 0.1) is 25.1 Å². The Hall–Kier alpha value is -1.20. The van der Waals surface area contributed by atoms with Gasteiger partial charge in [0, 0.05) is 25.6 Å². The molecule has 0 aromatic carbocycles. The first-order valence-electron chi connectivity index (χ1n) is 7.00. The number of aromatic nitrogens is 2. The van der Waals surface area contributed by atoms with Gasteiger partial charge in [-0.2, -0.15) is 0 Å². The zero-order valence-corrected chi connectivity index (χ0v) is 11.8. The molecule has 5 heteroatoms. The molecule has 0 atom stereocenters. The van der Waals surface area contributed by atoms with Crippen LogP contribution in [-0.4, -0.2) is 35.8 Å². The van der Waals surface area contributed by atoms with Crippen LogP contribution in [0.4, 0.5) is 0 Å². The minimum atomic E-state index is 0.210. The standard InChI is InChI=1S/C14H23N3O2/c1-11(2)7-15-8-12-9-16-10-14(17-12)19-13-3-5-18-6-4-13/h9-11,13,15H,3-8H2,1-2H3. The molecule has 1 aromatic rings. The third kappa shape index (κ3) is 5.12. The van der Waals surface area contributed by atoms with Gasteiger partial charge in [-0.3, -0.25) is 4.98 Å². The molecule has 5 nitrogen and oxygen atoms in total. The van der Waals surface area contributed by atoms with E-state index in [0.717, 1.165) is 44.8 Å². The number of ether oxygens (including phenoxy) is 2. The second kappa shape index (κ2) is 7.40. The highest BCUT2D eigenvalue weighted by atomic mass is 16.5. The lowest BCUT2D eigenvalue weighted by Gasteiger charge is -2.22. The third-order valence-corrected chi connectivity index (χ3v) is 2.98. The molecule has 1 aliphatic heterocycles. The van der Waals surface area contributed by atoms with Crippen LogP contribution in [-0.2, 0) is 11.3 Å². The molecule has 2 rings (SSSR count). The molecule has 106 valence electrons. The van der Waals surface area contributed by atoms with Crippen molar-refractivity contribution in [2.75, 3.05) is 19.8 Å². The van der Waals surface area contributed by atoms with Crippen LogP contribution in [0.5, 0.6) is 5.88 Å². The van der Waals surface area contributed by atoms with Gasteiger partial charge < -0.3 is 14.8 Å². The molecule has 1 saturated heterocycles. The topological polar surface area (TPSA) is 56.3 Å². The molecule has 1 N–H and O–H groups in total. The fraction of sp³-hybridized carbons (Fsp3) is 0.714. The van der Waals surface area contributed by atoms with Crippen LogP contribution < -0.4 is 10.1 Å². The Kier molecular flexibility index (Phi) is 5.54. The van der Waals surface area contributed by atoms with Crippen molar-refractivity contribution in [1.82, 2.24) is 15.3 Å². The summed E-state index contributed by atoms with van der Waals surface area (Å²) in [5, 5.41) is 3.35. The largest absolute Gasteiger partial charge is 0.473 e. The van der Waals surface area contributed by atoms with E-state index in [2.05, 4.69) is 29.1 Å². The van der Waals surface area contributed by atoms with E-state index in [1.807, 2.05) is 0 Å². The number of hydrogen-bond acceptors (Lipinski definition) is 5. The summed E-state index contributed by atoms with van der Waals surface area (Å²) in [6, 6.07) is 0. The Morgan fingerprint density at radius 3 is 2.89 bits per heavy atom. The molecule has 0 bridgehead atoms. The van der Waals surface area contributed by atoms with Gasteiger partial charge in [-0.05, 0) is 12.5 Å². The summed E-state index contributed by atoms with van der Waals surface area (Å²) < 4.78 is 11.2. The molecule has 1 aromatic heterocycles. The van der Waals surface area contributed by atoms with Crippen molar-refractivity contribution in [3.63, 3.8) is 0 Å². The van der Waals surface area contributed by atoms with Crippen molar-refractivity contribution < 1.29 is 9.47 Å². The van der Waals surface area contributed by atoms with Gasteiger partial charge in [-0.15, -0.1) is 0 Å². The lowest BCUT2D eigenvalue weighted by atomic mass is 10.2. The fourth-order valence-corrected chi connectivity index (χ4v) is 1.98. The van der Waals surface area contributed by atoms with Crippen LogP contribution in [0.25, 0.3) is 0 Å². The molecule has 19 heavy (non-hydrogen) atoms. The fourth-order valence-electron chi connectivity index (χ4n) is 1.98. The molecule has 2 heterocycles.